The van der Waals surface area contributed by atoms with Gasteiger partial charge in [-0.25, -0.2) is 4.79 Å². The third-order valence-electron chi connectivity index (χ3n) is 4.94. The van der Waals surface area contributed by atoms with Crippen molar-refractivity contribution in [3.05, 3.63) is 35.9 Å². The molecule has 26 heavy (non-hydrogen) atoms. The summed E-state index contributed by atoms with van der Waals surface area (Å²) in [6.45, 7) is 2.42. The lowest BCUT2D eigenvalue weighted by atomic mass is 9.98. The standard InChI is InChI=1S/C19H27NO6/c1-23-9-10-24-13-25-18-16-11-15(21)7-8-20(16)12-17(18)26-19(22)14-5-3-2-4-6-14/h2-6,15-18,21H,7-13H2,1H3/t15-,16+,17-,18+/m1/s1. The second-order valence-corrected chi connectivity index (χ2v) is 6.70. The molecule has 3 rings (SSSR count). The highest BCUT2D eigenvalue weighted by atomic mass is 16.7. The number of carbonyl (C=O) groups excluding carboxylic acids is 1. The number of methoxy groups -OCH3 is 1. The molecule has 7 heteroatoms. The summed E-state index contributed by atoms with van der Waals surface area (Å²) in [5, 5.41) is 10.0. The van der Waals surface area contributed by atoms with Gasteiger partial charge in [0.05, 0.1) is 24.9 Å². The van der Waals surface area contributed by atoms with Gasteiger partial charge in [-0.15, -0.1) is 0 Å². The Hall–Kier alpha value is -1.51. The van der Waals surface area contributed by atoms with Gasteiger partial charge in [0.15, 0.2) is 0 Å². The molecule has 0 unspecified atom stereocenters. The van der Waals surface area contributed by atoms with Gasteiger partial charge in [0.25, 0.3) is 0 Å². The zero-order chi connectivity index (χ0) is 18.4. The number of fused-ring (bicyclic) bond motifs is 1. The SMILES string of the molecule is COCCOCO[C@@H]1[C@H](OC(=O)c2ccccc2)CN2CC[C@@H](O)C[C@@H]12. The van der Waals surface area contributed by atoms with Crippen LogP contribution >= 0.6 is 0 Å². The molecule has 1 aromatic rings. The average Bonchev–Trinajstić information content (AvgIpc) is 2.99. The summed E-state index contributed by atoms with van der Waals surface area (Å²) in [7, 11) is 1.61. The number of carbonyl (C=O) groups is 1. The van der Waals surface area contributed by atoms with Gasteiger partial charge in [-0.05, 0) is 25.0 Å². The number of ether oxygens (including phenoxy) is 4. The van der Waals surface area contributed by atoms with Gasteiger partial charge >= 0.3 is 5.97 Å². The van der Waals surface area contributed by atoms with Crippen molar-refractivity contribution in [2.24, 2.45) is 0 Å². The normalized spacial score (nSPS) is 28.7. The van der Waals surface area contributed by atoms with Crippen LogP contribution in [0.1, 0.15) is 23.2 Å². The van der Waals surface area contributed by atoms with Crippen molar-refractivity contribution in [2.75, 3.05) is 40.2 Å². The van der Waals surface area contributed by atoms with Gasteiger partial charge in [-0.3, -0.25) is 4.90 Å². The fraction of sp³-hybridized carbons (Fsp3) is 0.632. The molecule has 0 spiro atoms. The number of hydrogen-bond donors (Lipinski definition) is 1. The van der Waals surface area contributed by atoms with Crippen LogP contribution in [0.25, 0.3) is 0 Å². The topological polar surface area (TPSA) is 77.5 Å². The lowest BCUT2D eigenvalue weighted by molar-refractivity contribution is -0.132. The Bertz CT molecular complexity index is 568. The number of aliphatic hydroxyl groups excluding tert-OH is 1. The van der Waals surface area contributed by atoms with E-state index in [1.165, 1.54) is 0 Å². The maximum Gasteiger partial charge on any atom is 0.338 e. The predicted octanol–water partition coefficient (Wildman–Crippen LogP) is 1.06. The minimum Gasteiger partial charge on any atom is -0.455 e. The molecule has 4 atom stereocenters. The summed E-state index contributed by atoms with van der Waals surface area (Å²) in [6, 6.07) is 8.97. The van der Waals surface area contributed by atoms with E-state index in [9.17, 15) is 9.90 Å². The first-order valence-electron chi connectivity index (χ1n) is 9.05. The van der Waals surface area contributed by atoms with E-state index in [-0.39, 0.29) is 37.1 Å². The first-order chi connectivity index (χ1) is 12.7. The lowest BCUT2D eigenvalue weighted by Gasteiger charge is -2.34. The van der Waals surface area contributed by atoms with Gasteiger partial charge in [-0.2, -0.15) is 0 Å². The molecule has 0 bridgehead atoms. The Morgan fingerprint density at radius 1 is 1.27 bits per heavy atom. The number of benzene rings is 1. The number of piperidine rings is 1. The first kappa shape index (κ1) is 19.3. The summed E-state index contributed by atoms with van der Waals surface area (Å²) in [5.41, 5.74) is 0.521. The average molecular weight is 365 g/mol. The Labute approximate surface area is 153 Å². The number of esters is 1. The number of hydrogen-bond acceptors (Lipinski definition) is 7. The largest absolute Gasteiger partial charge is 0.455 e. The van der Waals surface area contributed by atoms with Crippen LogP contribution in [0.4, 0.5) is 0 Å². The summed E-state index contributed by atoms with van der Waals surface area (Å²) in [4.78, 5) is 14.7. The third kappa shape index (κ3) is 4.81. The molecule has 0 amide bonds. The molecule has 0 aromatic heterocycles. The molecular formula is C19H27NO6. The molecule has 1 aromatic carbocycles. The zero-order valence-electron chi connectivity index (χ0n) is 15.1. The van der Waals surface area contributed by atoms with Crippen molar-refractivity contribution in [3.63, 3.8) is 0 Å². The van der Waals surface area contributed by atoms with Crippen molar-refractivity contribution >= 4 is 5.97 Å². The maximum atomic E-state index is 12.4. The molecule has 1 N–H and O–H groups in total. The van der Waals surface area contributed by atoms with Gasteiger partial charge in [-0.1, -0.05) is 18.2 Å². The minimum atomic E-state index is -0.385. The van der Waals surface area contributed by atoms with Crippen LogP contribution in [0.15, 0.2) is 30.3 Å². The van der Waals surface area contributed by atoms with Crippen molar-refractivity contribution in [1.82, 2.24) is 4.90 Å². The fourth-order valence-corrected chi connectivity index (χ4v) is 3.61. The molecule has 2 fully saturated rings. The highest BCUT2D eigenvalue weighted by Gasteiger charge is 2.47. The monoisotopic (exact) mass is 365 g/mol. The lowest BCUT2D eigenvalue weighted by Crippen LogP contribution is -2.45. The Kier molecular flexibility index (Phi) is 6.99. The predicted molar refractivity (Wildman–Crippen MR) is 93.8 cm³/mol. The van der Waals surface area contributed by atoms with Crippen LogP contribution in [0, 0.1) is 0 Å². The highest BCUT2D eigenvalue weighted by molar-refractivity contribution is 5.89. The molecule has 2 aliphatic heterocycles. The first-order valence-corrected chi connectivity index (χ1v) is 9.05. The second kappa shape index (κ2) is 9.43. The molecule has 0 radical (unpaired) electrons. The van der Waals surface area contributed by atoms with Crippen molar-refractivity contribution in [2.45, 2.75) is 37.2 Å². The van der Waals surface area contributed by atoms with E-state index < -0.39 is 0 Å². The fourth-order valence-electron chi connectivity index (χ4n) is 3.61. The van der Waals surface area contributed by atoms with Crippen molar-refractivity contribution in [3.8, 4) is 0 Å². The van der Waals surface area contributed by atoms with E-state index in [4.69, 9.17) is 18.9 Å². The van der Waals surface area contributed by atoms with E-state index in [0.717, 1.165) is 13.0 Å². The van der Waals surface area contributed by atoms with E-state index in [1.54, 1.807) is 19.2 Å². The van der Waals surface area contributed by atoms with Crippen LogP contribution in [0.5, 0.6) is 0 Å². The van der Waals surface area contributed by atoms with Crippen LogP contribution in [0.2, 0.25) is 0 Å². The van der Waals surface area contributed by atoms with E-state index >= 15 is 0 Å². The van der Waals surface area contributed by atoms with E-state index in [2.05, 4.69) is 4.90 Å². The van der Waals surface area contributed by atoms with E-state index in [1.807, 2.05) is 18.2 Å². The summed E-state index contributed by atoms with van der Waals surface area (Å²) in [5.74, 6) is -0.357. The van der Waals surface area contributed by atoms with Gasteiger partial charge in [0.2, 0.25) is 0 Å². The van der Waals surface area contributed by atoms with Crippen molar-refractivity contribution < 1.29 is 28.8 Å². The molecule has 7 nitrogen and oxygen atoms in total. The molecule has 2 saturated heterocycles. The van der Waals surface area contributed by atoms with Gasteiger partial charge in [0.1, 0.15) is 19.0 Å². The molecule has 0 aliphatic carbocycles. The van der Waals surface area contributed by atoms with Gasteiger partial charge in [0, 0.05) is 26.2 Å². The Morgan fingerprint density at radius 2 is 2.08 bits per heavy atom. The summed E-state index contributed by atoms with van der Waals surface area (Å²) in [6.07, 6.45) is 0.291. The van der Waals surface area contributed by atoms with E-state index in [0.29, 0.717) is 31.7 Å². The highest BCUT2D eigenvalue weighted by Crippen LogP contribution is 2.31. The molecule has 144 valence electrons. The smallest absolute Gasteiger partial charge is 0.338 e. The second-order valence-electron chi connectivity index (χ2n) is 6.70. The molecule has 2 aliphatic rings. The Morgan fingerprint density at radius 3 is 2.85 bits per heavy atom. The zero-order valence-corrected chi connectivity index (χ0v) is 15.1. The van der Waals surface area contributed by atoms with Crippen molar-refractivity contribution in [1.29, 1.82) is 0 Å². The van der Waals surface area contributed by atoms with Crippen LogP contribution in [-0.2, 0) is 18.9 Å². The molecular weight excluding hydrogens is 338 g/mol. The molecule has 2 heterocycles. The van der Waals surface area contributed by atoms with Crippen LogP contribution < -0.4 is 0 Å². The summed E-state index contributed by atoms with van der Waals surface area (Å²) < 4.78 is 22.0. The number of aliphatic hydroxyl groups is 1. The quantitative estimate of drug-likeness (QED) is 0.419. The Balaban J connectivity index is 1.62. The van der Waals surface area contributed by atoms with Gasteiger partial charge < -0.3 is 24.1 Å². The number of rotatable bonds is 8. The minimum absolute atomic E-state index is 0.0262. The maximum absolute atomic E-state index is 12.4. The van der Waals surface area contributed by atoms with Crippen LogP contribution in [-0.4, -0.2) is 80.5 Å². The number of nitrogens with zero attached hydrogens (tertiary/aromatic N) is 1. The third-order valence-corrected chi connectivity index (χ3v) is 4.94. The summed E-state index contributed by atoms with van der Waals surface area (Å²) >= 11 is 0. The van der Waals surface area contributed by atoms with Crippen LogP contribution in [0.3, 0.4) is 0 Å². The molecule has 0 saturated carbocycles.